The van der Waals surface area contributed by atoms with Crippen molar-refractivity contribution in [1.29, 1.82) is 0 Å². The summed E-state index contributed by atoms with van der Waals surface area (Å²) in [5, 5.41) is 7.01. The Morgan fingerprint density at radius 3 is 2.96 bits per heavy atom. The number of morpholine rings is 1. The fraction of sp³-hybridized carbons (Fsp3) is 0.529. The molecular weight excluding hydrogens is 324 g/mol. The third-order valence-electron chi connectivity index (χ3n) is 4.76. The molecule has 0 radical (unpaired) electrons. The van der Waals surface area contributed by atoms with E-state index >= 15 is 0 Å². The van der Waals surface area contributed by atoms with E-state index < -0.39 is 0 Å². The minimum Gasteiger partial charge on any atom is -0.378 e. The lowest BCUT2D eigenvalue weighted by Gasteiger charge is -2.32. The summed E-state index contributed by atoms with van der Waals surface area (Å²) in [7, 11) is 0. The van der Waals surface area contributed by atoms with Crippen molar-refractivity contribution in [2.75, 3.05) is 32.8 Å². The van der Waals surface area contributed by atoms with Gasteiger partial charge in [-0.1, -0.05) is 0 Å². The smallest absolute Gasteiger partial charge is 0.240 e. The van der Waals surface area contributed by atoms with Gasteiger partial charge in [-0.05, 0) is 37.6 Å². The van der Waals surface area contributed by atoms with Gasteiger partial charge in [0.05, 0.1) is 29.8 Å². The molecule has 0 bridgehead atoms. The zero-order valence-electron chi connectivity index (χ0n) is 13.6. The number of rotatable bonds is 4. The number of carbonyl (C=O) groups excluding carboxylic acids is 1. The van der Waals surface area contributed by atoms with Gasteiger partial charge < -0.3 is 9.64 Å². The number of likely N-dealkylation sites (tertiary alicyclic amines) is 1. The van der Waals surface area contributed by atoms with Crippen LogP contribution in [0.2, 0.25) is 0 Å². The van der Waals surface area contributed by atoms with Crippen molar-refractivity contribution in [2.45, 2.75) is 25.4 Å². The number of aromatic nitrogens is 2. The van der Waals surface area contributed by atoms with Gasteiger partial charge in [0.25, 0.3) is 0 Å². The van der Waals surface area contributed by atoms with E-state index in [0.29, 0.717) is 13.2 Å². The molecule has 128 valence electrons. The monoisotopic (exact) mass is 346 g/mol. The van der Waals surface area contributed by atoms with E-state index in [4.69, 9.17) is 4.74 Å². The molecule has 0 saturated carbocycles. The summed E-state index contributed by atoms with van der Waals surface area (Å²) in [6, 6.07) is 6.30. The molecule has 2 saturated heterocycles. The topological polar surface area (TPSA) is 61.5 Å². The number of hydrogen-bond acceptors (Lipinski definition) is 5. The second kappa shape index (κ2) is 7.04. The molecule has 7 heteroatoms. The summed E-state index contributed by atoms with van der Waals surface area (Å²) in [4.78, 5) is 19.6. The molecule has 24 heavy (non-hydrogen) atoms. The Labute approximate surface area is 145 Å². The second-order valence-corrected chi connectivity index (χ2v) is 7.47. The lowest BCUT2D eigenvalue weighted by atomic mass is 10.2. The molecule has 1 atom stereocenters. The van der Waals surface area contributed by atoms with E-state index in [1.165, 1.54) is 9.75 Å². The molecule has 0 aliphatic carbocycles. The van der Waals surface area contributed by atoms with Gasteiger partial charge in [0.1, 0.15) is 0 Å². The molecule has 2 aromatic heterocycles. The molecule has 0 unspecified atom stereocenters. The van der Waals surface area contributed by atoms with Crippen LogP contribution < -0.4 is 0 Å². The van der Waals surface area contributed by atoms with Crippen LogP contribution in [-0.2, 0) is 16.1 Å². The number of carbonyl (C=O) groups is 1. The van der Waals surface area contributed by atoms with Crippen molar-refractivity contribution in [3.05, 3.63) is 29.3 Å². The van der Waals surface area contributed by atoms with Crippen LogP contribution in [0, 0.1) is 0 Å². The first kappa shape index (κ1) is 15.8. The summed E-state index contributed by atoms with van der Waals surface area (Å²) >= 11 is 1.77. The highest BCUT2D eigenvalue weighted by Gasteiger charge is 2.34. The molecule has 1 amide bonds. The normalized spacial score (nSPS) is 22.2. The summed E-state index contributed by atoms with van der Waals surface area (Å²) in [5.41, 5.74) is 1.05. The number of ether oxygens (including phenoxy) is 1. The van der Waals surface area contributed by atoms with Crippen molar-refractivity contribution in [2.24, 2.45) is 0 Å². The van der Waals surface area contributed by atoms with Crippen LogP contribution in [0.1, 0.15) is 17.7 Å². The maximum Gasteiger partial charge on any atom is 0.240 e. The Morgan fingerprint density at radius 2 is 2.17 bits per heavy atom. The van der Waals surface area contributed by atoms with Gasteiger partial charge in [-0.25, -0.2) is 0 Å². The van der Waals surface area contributed by atoms with Crippen molar-refractivity contribution in [3.63, 3.8) is 0 Å². The lowest BCUT2D eigenvalue weighted by Crippen LogP contribution is -2.49. The first-order valence-electron chi connectivity index (χ1n) is 8.50. The zero-order chi connectivity index (χ0) is 16.4. The number of nitrogens with one attached hydrogen (secondary N) is 1. The van der Waals surface area contributed by atoms with Gasteiger partial charge in [-0.15, -0.1) is 11.3 Å². The van der Waals surface area contributed by atoms with Crippen LogP contribution >= 0.6 is 11.3 Å². The SMILES string of the molecule is O=C([C@@H]1CCCN1Cc1ccc(-c2ccn[nH]2)s1)N1CCOCC1. The van der Waals surface area contributed by atoms with E-state index in [2.05, 4.69) is 27.2 Å². The summed E-state index contributed by atoms with van der Waals surface area (Å²) < 4.78 is 5.36. The third-order valence-corrected chi connectivity index (χ3v) is 5.86. The average molecular weight is 346 g/mol. The Morgan fingerprint density at radius 1 is 1.29 bits per heavy atom. The standard InChI is InChI=1S/C17H22N4O2S/c22-17(20-8-10-23-11-9-20)15-2-1-7-21(15)12-13-3-4-16(24-13)14-5-6-18-19-14/h3-6,15H,1-2,7-12H2,(H,18,19)/t15-/m0/s1. The largest absolute Gasteiger partial charge is 0.378 e. The average Bonchev–Trinajstić information content (AvgIpc) is 3.37. The molecule has 6 nitrogen and oxygen atoms in total. The Bertz CT molecular complexity index is 679. The second-order valence-electron chi connectivity index (χ2n) is 6.30. The molecule has 2 aliphatic rings. The number of thiophene rings is 1. The van der Waals surface area contributed by atoms with E-state index in [0.717, 1.165) is 44.7 Å². The van der Waals surface area contributed by atoms with Crippen molar-refractivity contribution >= 4 is 17.2 Å². The molecular formula is C17H22N4O2S. The summed E-state index contributed by atoms with van der Waals surface area (Å²) in [6.07, 6.45) is 3.83. The first-order chi connectivity index (χ1) is 11.8. The minimum atomic E-state index is 0.0285. The number of hydrogen-bond donors (Lipinski definition) is 1. The zero-order valence-corrected chi connectivity index (χ0v) is 14.4. The molecule has 1 N–H and O–H groups in total. The quantitative estimate of drug-likeness (QED) is 0.919. The van der Waals surface area contributed by atoms with Crippen LogP contribution in [0.25, 0.3) is 10.6 Å². The van der Waals surface area contributed by atoms with Crippen LogP contribution in [0.4, 0.5) is 0 Å². The number of aromatic amines is 1. The lowest BCUT2D eigenvalue weighted by molar-refractivity contribution is -0.140. The van der Waals surface area contributed by atoms with Gasteiger partial charge in [-0.2, -0.15) is 5.10 Å². The molecule has 0 aromatic carbocycles. The Kier molecular flexibility index (Phi) is 4.64. The van der Waals surface area contributed by atoms with Crippen LogP contribution in [0.5, 0.6) is 0 Å². The van der Waals surface area contributed by atoms with E-state index in [-0.39, 0.29) is 11.9 Å². The van der Waals surface area contributed by atoms with E-state index in [1.807, 2.05) is 11.0 Å². The van der Waals surface area contributed by atoms with E-state index in [9.17, 15) is 4.79 Å². The summed E-state index contributed by atoms with van der Waals surface area (Å²) in [6.45, 7) is 4.63. The van der Waals surface area contributed by atoms with Gasteiger partial charge >= 0.3 is 0 Å². The minimum absolute atomic E-state index is 0.0285. The fourth-order valence-electron chi connectivity index (χ4n) is 3.49. The van der Waals surface area contributed by atoms with Crippen LogP contribution in [0.15, 0.2) is 24.4 Å². The molecule has 4 rings (SSSR count). The van der Waals surface area contributed by atoms with Crippen molar-refractivity contribution in [1.82, 2.24) is 20.0 Å². The van der Waals surface area contributed by atoms with Gasteiger partial charge in [0.15, 0.2) is 0 Å². The molecule has 2 aliphatic heterocycles. The fourth-order valence-corrected chi connectivity index (χ4v) is 4.50. The highest BCUT2D eigenvalue weighted by Crippen LogP contribution is 2.29. The van der Waals surface area contributed by atoms with Crippen LogP contribution in [0.3, 0.4) is 0 Å². The molecule has 2 aromatic rings. The number of amides is 1. The number of H-pyrrole nitrogens is 1. The van der Waals surface area contributed by atoms with Crippen molar-refractivity contribution in [3.8, 4) is 10.6 Å². The Hall–Kier alpha value is -1.70. The third kappa shape index (κ3) is 3.24. The van der Waals surface area contributed by atoms with E-state index in [1.54, 1.807) is 17.5 Å². The van der Waals surface area contributed by atoms with Gasteiger partial charge in [0.2, 0.25) is 5.91 Å². The van der Waals surface area contributed by atoms with Crippen LogP contribution in [-0.4, -0.2) is 64.8 Å². The van der Waals surface area contributed by atoms with Crippen molar-refractivity contribution < 1.29 is 9.53 Å². The highest BCUT2D eigenvalue weighted by molar-refractivity contribution is 7.15. The maximum atomic E-state index is 12.8. The molecule has 2 fully saturated rings. The predicted molar refractivity (Wildman–Crippen MR) is 92.7 cm³/mol. The maximum absolute atomic E-state index is 12.8. The first-order valence-corrected chi connectivity index (χ1v) is 9.32. The molecule has 0 spiro atoms. The van der Waals surface area contributed by atoms with Gasteiger partial charge in [-0.3, -0.25) is 14.8 Å². The highest BCUT2D eigenvalue weighted by atomic mass is 32.1. The molecule has 4 heterocycles. The van der Waals surface area contributed by atoms with Gasteiger partial charge in [0, 0.05) is 30.7 Å². The Balaban J connectivity index is 1.42. The summed E-state index contributed by atoms with van der Waals surface area (Å²) in [5.74, 6) is 0.279. The predicted octanol–water partition coefficient (Wildman–Crippen LogP) is 1.96. The number of nitrogens with zero attached hydrogens (tertiary/aromatic N) is 3.